The molecule has 150 valence electrons. The van der Waals surface area contributed by atoms with E-state index in [1.165, 1.54) is 4.68 Å². The van der Waals surface area contributed by atoms with Crippen LogP contribution in [0.4, 0.5) is 0 Å². The molecule has 29 heavy (non-hydrogen) atoms. The van der Waals surface area contributed by atoms with Crippen LogP contribution in [0.5, 0.6) is 0 Å². The molecule has 0 radical (unpaired) electrons. The Hall–Kier alpha value is -3.10. The summed E-state index contributed by atoms with van der Waals surface area (Å²) in [4.78, 5) is 32.0. The van der Waals surface area contributed by atoms with Gasteiger partial charge in [0.25, 0.3) is 11.5 Å². The molecule has 0 bridgehead atoms. The smallest absolute Gasteiger partial charge is 0.274 e. The van der Waals surface area contributed by atoms with E-state index in [4.69, 9.17) is 4.74 Å². The summed E-state index contributed by atoms with van der Waals surface area (Å²) < 4.78 is 6.67. The van der Waals surface area contributed by atoms with Gasteiger partial charge < -0.3 is 10.1 Å². The van der Waals surface area contributed by atoms with E-state index in [9.17, 15) is 9.59 Å². The van der Waals surface area contributed by atoms with Crippen LogP contribution < -0.4 is 10.9 Å². The Labute approximate surface area is 168 Å². The van der Waals surface area contributed by atoms with Crippen molar-refractivity contribution in [3.63, 3.8) is 0 Å². The summed E-state index contributed by atoms with van der Waals surface area (Å²) in [7, 11) is 1.55. The molecule has 0 unspecified atom stereocenters. The fraction of sp³-hybridized carbons (Fsp3) is 0.333. The first-order chi connectivity index (χ1) is 14.1. The van der Waals surface area contributed by atoms with Gasteiger partial charge in [-0.15, -0.1) is 0 Å². The van der Waals surface area contributed by atoms with Crippen molar-refractivity contribution in [2.45, 2.75) is 6.04 Å². The van der Waals surface area contributed by atoms with Gasteiger partial charge in [0.15, 0.2) is 5.69 Å². The van der Waals surface area contributed by atoms with E-state index in [2.05, 4.69) is 20.3 Å². The van der Waals surface area contributed by atoms with Crippen LogP contribution in [-0.2, 0) is 11.8 Å². The monoisotopic (exact) mass is 393 g/mol. The Bertz CT molecular complexity index is 1060. The van der Waals surface area contributed by atoms with Crippen molar-refractivity contribution < 1.29 is 9.53 Å². The molecule has 1 aromatic carbocycles. The third-order valence-corrected chi connectivity index (χ3v) is 5.14. The summed E-state index contributed by atoms with van der Waals surface area (Å²) in [6.07, 6.45) is 1.76. The normalized spacial score (nSPS) is 15.9. The minimum Gasteiger partial charge on any atom is -0.379 e. The van der Waals surface area contributed by atoms with Gasteiger partial charge in [0.2, 0.25) is 0 Å². The van der Waals surface area contributed by atoms with Crippen LogP contribution in [0.1, 0.15) is 22.2 Å². The second-order valence-corrected chi connectivity index (χ2v) is 6.95. The van der Waals surface area contributed by atoms with Crippen LogP contribution in [0.2, 0.25) is 0 Å². The third-order valence-electron chi connectivity index (χ3n) is 5.14. The molecule has 2 aromatic heterocycles. The van der Waals surface area contributed by atoms with Crippen molar-refractivity contribution in [3.8, 4) is 0 Å². The number of hydrogen-bond acceptors (Lipinski definition) is 6. The van der Waals surface area contributed by atoms with Crippen LogP contribution in [0.25, 0.3) is 10.8 Å². The SMILES string of the molecule is Cn1nc(C(=O)NC[C@@H](c2ccccn2)N2CCOCC2)c2ccccc2c1=O. The number of fused-ring (bicyclic) bond motifs is 1. The number of amides is 1. The summed E-state index contributed by atoms with van der Waals surface area (Å²) in [5.41, 5.74) is 0.911. The van der Waals surface area contributed by atoms with Gasteiger partial charge in [-0.3, -0.25) is 19.5 Å². The zero-order valence-corrected chi connectivity index (χ0v) is 16.2. The highest BCUT2D eigenvalue weighted by Gasteiger charge is 2.25. The number of ether oxygens (including phenoxy) is 1. The number of morpholine rings is 1. The van der Waals surface area contributed by atoms with Crippen molar-refractivity contribution in [2.75, 3.05) is 32.8 Å². The van der Waals surface area contributed by atoms with Crippen LogP contribution >= 0.6 is 0 Å². The second-order valence-electron chi connectivity index (χ2n) is 6.95. The summed E-state index contributed by atoms with van der Waals surface area (Å²) in [5.74, 6) is -0.314. The summed E-state index contributed by atoms with van der Waals surface area (Å²) in [6.45, 7) is 3.25. The Kier molecular flexibility index (Phi) is 5.64. The minimum atomic E-state index is -0.314. The van der Waals surface area contributed by atoms with Crippen LogP contribution in [0.3, 0.4) is 0 Å². The molecule has 8 heteroatoms. The van der Waals surface area contributed by atoms with Crippen molar-refractivity contribution in [1.82, 2.24) is 25.0 Å². The van der Waals surface area contributed by atoms with Gasteiger partial charge >= 0.3 is 0 Å². The molecule has 1 amide bonds. The number of rotatable bonds is 5. The van der Waals surface area contributed by atoms with Crippen molar-refractivity contribution in [3.05, 3.63) is 70.4 Å². The highest BCUT2D eigenvalue weighted by Crippen LogP contribution is 2.20. The zero-order chi connectivity index (χ0) is 20.2. The second kappa shape index (κ2) is 8.50. The Balaban J connectivity index is 1.59. The fourth-order valence-corrected chi connectivity index (χ4v) is 3.62. The van der Waals surface area contributed by atoms with E-state index in [-0.39, 0.29) is 23.2 Å². The summed E-state index contributed by atoms with van der Waals surface area (Å²) in [6, 6.07) is 12.7. The van der Waals surface area contributed by atoms with E-state index < -0.39 is 0 Å². The predicted molar refractivity (Wildman–Crippen MR) is 109 cm³/mol. The Morgan fingerprint density at radius 3 is 2.59 bits per heavy atom. The molecule has 8 nitrogen and oxygen atoms in total. The molecule has 1 N–H and O–H groups in total. The van der Waals surface area contributed by atoms with Gasteiger partial charge in [-0.05, 0) is 18.2 Å². The molecule has 4 rings (SSSR count). The lowest BCUT2D eigenvalue weighted by Gasteiger charge is -2.34. The molecule has 1 saturated heterocycles. The number of aromatic nitrogens is 3. The molecule has 0 aliphatic carbocycles. The molecule has 1 atom stereocenters. The molecule has 1 fully saturated rings. The number of carbonyl (C=O) groups is 1. The van der Waals surface area contributed by atoms with Gasteiger partial charge in [0.1, 0.15) is 0 Å². The molecule has 0 saturated carbocycles. The molecule has 1 aliphatic heterocycles. The molecule has 1 aliphatic rings. The lowest BCUT2D eigenvalue weighted by atomic mass is 10.1. The highest BCUT2D eigenvalue weighted by molar-refractivity contribution is 6.04. The van der Waals surface area contributed by atoms with Crippen molar-refractivity contribution in [2.24, 2.45) is 7.05 Å². The molecule has 0 spiro atoms. The lowest BCUT2D eigenvalue weighted by molar-refractivity contribution is 0.0153. The average Bonchev–Trinajstić information content (AvgIpc) is 2.78. The summed E-state index contributed by atoms with van der Waals surface area (Å²) >= 11 is 0. The fourth-order valence-electron chi connectivity index (χ4n) is 3.62. The Morgan fingerprint density at radius 2 is 1.86 bits per heavy atom. The molecule has 3 heterocycles. The maximum Gasteiger partial charge on any atom is 0.274 e. The number of benzene rings is 1. The van der Waals surface area contributed by atoms with Crippen molar-refractivity contribution >= 4 is 16.7 Å². The minimum absolute atomic E-state index is 0.0668. The van der Waals surface area contributed by atoms with E-state index >= 15 is 0 Å². The van der Waals surface area contributed by atoms with E-state index in [0.717, 1.165) is 18.8 Å². The van der Waals surface area contributed by atoms with E-state index in [0.29, 0.717) is 30.5 Å². The predicted octanol–water partition coefficient (Wildman–Crippen LogP) is 1.13. The lowest BCUT2D eigenvalue weighted by Crippen LogP contribution is -2.44. The average molecular weight is 393 g/mol. The highest BCUT2D eigenvalue weighted by atomic mass is 16.5. The van der Waals surface area contributed by atoms with Crippen LogP contribution in [0, 0.1) is 0 Å². The first-order valence-corrected chi connectivity index (χ1v) is 9.62. The van der Waals surface area contributed by atoms with Gasteiger partial charge in [-0.25, -0.2) is 4.68 Å². The molecule has 3 aromatic rings. The van der Waals surface area contributed by atoms with Gasteiger partial charge in [-0.2, -0.15) is 5.10 Å². The zero-order valence-electron chi connectivity index (χ0n) is 16.2. The van der Waals surface area contributed by atoms with E-state index in [1.54, 1.807) is 37.5 Å². The van der Waals surface area contributed by atoms with E-state index in [1.807, 2.05) is 18.2 Å². The topological polar surface area (TPSA) is 89.3 Å². The van der Waals surface area contributed by atoms with Crippen molar-refractivity contribution in [1.29, 1.82) is 0 Å². The largest absolute Gasteiger partial charge is 0.379 e. The quantitative estimate of drug-likeness (QED) is 0.699. The number of hydrogen-bond donors (Lipinski definition) is 1. The number of carbonyl (C=O) groups excluding carboxylic acids is 1. The number of nitrogens with zero attached hydrogens (tertiary/aromatic N) is 4. The molecular weight excluding hydrogens is 370 g/mol. The van der Waals surface area contributed by atoms with Gasteiger partial charge in [0.05, 0.1) is 30.3 Å². The molecular formula is C21H23N5O3. The Morgan fingerprint density at radius 1 is 1.14 bits per heavy atom. The third kappa shape index (κ3) is 4.03. The standard InChI is InChI=1S/C21H23N5O3/c1-25-21(28)16-7-3-2-6-15(16)19(24-25)20(27)23-14-18(17-8-4-5-9-22-17)26-10-12-29-13-11-26/h2-9,18H,10-14H2,1H3,(H,23,27)/t18-/m0/s1. The first kappa shape index (κ1) is 19.2. The first-order valence-electron chi connectivity index (χ1n) is 9.62. The van der Waals surface area contributed by atoms with Gasteiger partial charge in [0, 0.05) is 38.3 Å². The number of pyridine rings is 1. The number of aryl methyl sites for hydroxylation is 1. The number of nitrogens with one attached hydrogen (secondary N) is 1. The maximum atomic E-state index is 13.0. The van der Waals surface area contributed by atoms with Crippen LogP contribution in [-0.4, -0.2) is 58.4 Å². The summed E-state index contributed by atoms with van der Waals surface area (Å²) in [5, 5.41) is 8.23. The van der Waals surface area contributed by atoms with Crippen LogP contribution in [0.15, 0.2) is 53.5 Å². The maximum absolute atomic E-state index is 13.0. The van der Waals surface area contributed by atoms with Gasteiger partial charge in [-0.1, -0.05) is 24.3 Å².